The summed E-state index contributed by atoms with van der Waals surface area (Å²) in [6, 6.07) is 1.90. The van der Waals surface area contributed by atoms with Gasteiger partial charge in [0, 0.05) is 17.7 Å². The minimum Gasteiger partial charge on any atom is -0.490 e. The Morgan fingerprint density at radius 1 is 1.24 bits per heavy atom. The van der Waals surface area contributed by atoms with Gasteiger partial charge in [-0.1, -0.05) is 13.8 Å². The molecule has 98 valence electrons. The van der Waals surface area contributed by atoms with Crippen LogP contribution in [0, 0.1) is 18.6 Å². The lowest BCUT2D eigenvalue weighted by atomic mass is 10.1. The molecule has 0 amide bonds. The number of benzene rings is 1. The summed E-state index contributed by atoms with van der Waals surface area (Å²) >= 11 is 0. The number of ether oxygens (including phenoxy) is 1. The van der Waals surface area contributed by atoms with Crippen LogP contribution in [0.5, 0.6) is 5.75 Å². The van der Waals surface area contributed by atoms with Crippen molar-refractivity contribution in [2.75, 3.05) is 6.61 Å². The molecule has 0 saturated carbocycles. The Morgan fingerprint density at radius 2 is 1.76 bits per heavy atom. The number of halogens is 2. The minimum absolute atomic E-state index is 0.0171. The van der Waals surface area contributed by atoms with Crippen molar-refractivity contribution in [2.24, 2.45) is 0 Å². The molecule has 17 heavy (non-hydrogen) atoms. The van der Waals surface area contributed by atoms with Gasteiger partial charge in [-0.05, 0) is 20.8 Å². The molecule has 0 aliphatic rings. The summed E-state index contributed by atoms with van der Waals surface area (Å²) in [7, 11) is 0. The first-order valence-corrected chi connectivity index (χ1v) is 5.60. The van der Waals surface area contributed by atoms with Gasteiger partial charge in [-0.3, -0.25) is 0 Å². The number of hydrogen-bond acceptors (Lipinski definition) is 2. The molecule has 0 saturated heterocycles. The Morgan fingerprint density at radius 3 is 2.24 bits per heavy atom. The van der Waals surface area contributed by atoms with Crippen molar-refractivity contribution >= 4 is 0 Å². The zero-order valence-electron chi connectivity index (χ0n) is 11.0. The van der Waals surface area contributed by atoms with Gasteiger partial charge in [0.2, 0.25) is 0 Å². The fourth-order valence-electron chi connectivity index (χ4n) is 1.03. The molecule has 1 aromatic carbocycles. The normalized spacial score (nSPS) is 10.6. The van der Waals surface area contributed by atoms with Gasteiger partial charge in [0.15, 0.2) is 0 Å². The first-order chi connectivity index (χ1) is 7.79. The highest BCUT2D eigenvalue weighted by molar-refractivity contribution is 5.34. The maximum absolute atomic E-state index is 13.1. The lowest BCUT2D eigenvalue weighted by Gasteiger charge is -2.18. The van der Waals surface area contributed by atoms with Crippen LogP contribution < -0.4 is 4.74 Å². The Kier molecular flexibility index (Phi) is 6.10. The molecule has 0 bridgehead atoms. The quantitative estimate of drug-likeness (QED) is 0.885. The molecular weight excluding hydrogens is 226 g/mol. The van der Waals surface area contributed by atoms with Crippen LogP contribution in [0.25, 0.3) is 0 Å². The summed E-state index contributed by atoms with van der Waals surface area (Å²) in [5, 5.41) is 9.40. The number of aliphatic hydroxyl groups is 1. The minimum atomic E-state index is -1.03. The first-order valence-electron chi connectivity index (χ1n) is 5.60. The zero-order valence-corrected chi connectivity index (χ0v) is 11.0. The summed E-state index contributed by atoms with van der Waals surface area (Å²) < 4.78 is 31.1. The van der Waals surface area contributed by atoms with E-state index < -0.39 is 17.2 Å². The van der Waals surface area contributed by atoms with Crippen molar-refractivity contribution in [3.8, 4) is 5.75 Å². The third kappa shape index (κ3) is 5.63. The Balaban J connectivity index is 0.00000121. The summed E-state index contributed by atoms with van der Waals surface area (Å²) in [6.45, 7) is 8.58. The highest BCUT2D eigenvalue weighted by Crippen LogP contribution is 2.23. The average Bonchev–Trinajstić information content (AvgIpc) is 2.23. The molecule has 1 aromatic rings. The van der Waals surface area contributed by atoms with Crippen LogP contribution in [-0.2, 0) is 0 Å². The van der Waals surface area contributed by atoms with Gasteiger partial charge >= 0.3 is 0 Å². The second-order valence-electron chi connectivity index (χ2n) is 4.11. The zero-order chi connectivity index (χ0) is 13.6. The Hall–Kier alpha value is -1.16. The predicted molar refractivity (Wildman–Crippen MR) is 64.2 cm³/mol. The van der Waals surface area contributed by atoms with E-state index in [4.69, 9.17) is 4.74 Å². The van der Waals surface area contributed by atoms with Crippen molar-refractivity contribution in [1.82, 2.24) is 0 Å². The smallest absolute Gasteiger partial charge is 0.132 e. The van der Waals surface area contributed by atoms with Crippen LogP contribution >= 0.6 is 0 Å². The molecule has 0 aromatic heterocycles. The maximum atomic E-state index is 13.1. The van der Waals surface area contributed by atoms with Crippen LogP contribution in [0.3, 0.4) is 0 Å². The molecule has 1 N–H and O–H groups in total. The highest BCUT2D eigenvalue weighted by atomic mass is 19.1. The number of hydrogen-bond donors (Lipinski definition) is 1. The molecule has 0 aliphatic carbocycles. The van der Waals surface area contributed by atoms with Crippen molar-refractivity contribution in [3.05, 3.63) is 29.3 Å². The third-order valence-electron chi connectivity index (χ3n) is 1.84. The van der Waals surface area contributed by atoms with Gasteiger partial charge in [0.05, 0.1) is 5.60 Å². The molecule has 0 heterocycles. The molecule has 0 fully saturated rings. The van der Waals surface area contributed by atoms with Gasteiger partial charge in [-0.2, -0.15) is 0 Å². The summed E-state index contributed by atoms with van der Waals surface area (Å²) in [5.41, 5.74) is -0.796. The van der Waals surface area contributed by atoms with Crippen LogP contribution in [0.1, 0.15) is 33.3 Å². The van der Waals surface area contributed by atoms with Crippen molar-refractivity contribution < 1.29 is 18.6 Å². The fourth-order valence-corrected chi connectivity index (χ4v) is 1.03. The van der Waals surface area contributed by atoms with Crippen LogP contribution in [0.2, 0.25) is 0 Å². The standard InChI is InChI=1S/C11H14F2O2.C2H6/c1-7-9(13)4-8(12)5-10(7)15-6-11(2,3)14;1-2/h4-5,14H,6H2,1-3H3;1-2H3. The van der Waals surface area contributed by atoms with Gasteiger partial charge in [-0.25, -0.2) is 8.78 Å². The molecule has 2 nitrogen and oxygen atoms in total. The molecule has 0 spiro atoms. The van der Waals surface area contributed by atoms with Crippen molar-refractivity contribution in [1.29, 1.82) is 0 Å². The van der Waals surface area contributed by atoms with Gasteiger partial charge in [-0.15, -0.1) is 0 Å². The highest BCUT2D eigenvalue weighted by Gasteiger charge is 2.15. The van der Waals surface area contributed by atoms with Crippen molar-refractivity contribution in [2.45, 2.75) is 40.2 Å². The van der Waals surface area contributed by atoms with Crippen LogP contribution in [-0.4, -0.2) is 17.3 Å². The first kappa shape index (κ1) is 15.8. The second kappa shape index (κ2) is 6.55. The molecular formula is C13H20F2O2. The fraction of sp³-hybridized carbons (Fsp3) is 0.538. The number of rotatable bonds is 3. The van der Waals surface area contributed by atoms with E-state index >= 15 is 0 Å². The predicted octanol–water partition coefficient (Wildman–Crippen LogP) is 3.45. The second-order valence-corrected chi connectivity index (χ2v) is 4.11. The molecule has 0 unspecified atom stereocenters. The Labute approximate surface area is 101 Å². The van der Waals surface area contributed by atoms with Gasteiger partial charge in [0.1, 0.15) is 24.0 Å². The van der Waals surface area contributed by atoms with Gasteiger partial charge in [0.25, 0.3) is 0 Å². The van der Waals surface area contributed by atoms with Crippen LogP contribution in [0.15, 0.2) is 12.1 Å². The largest absolute Gasteiger partial charge is 0.490 e. The summed E-state index contributed by atoms with van der Waals surface area (Å²) in [5.74, 6) is -1.22. The van der Waals surface area contributed by atoms with E-state index in [1.165, 1.54) is 6.92 Å². The molecule has 1 rings (SSSR count). The van der Waals surface area contributed by atoms with E-state index in [-0.39, 0.29) is 17.9 Å². The topological polar surface area (TPSA) is 29.5 Å². The van der Waals surface area contributed by atoms with Crippen molar-refractivity contribution in [3.63, 3.8) is 0 Å². The van der Waals surface area contributed by atoms with E-state index in [1.807, 2.05) is 13.8 Å². The maximum Gasteiger partial charge on any atom is 0.132 e. The lowest BCUT2D eigenvalue weighted by Crippen LogP contribution is -2.28. The van der Waals surface area contributed by atoms with E-state index in [0.29, 0.717) is 0 Å². The molecule has 0 radical (unpaired) electrons. The van der Waals surface area contributed by atoms with E-state index in [9.17, 15) is 13.9 Å². The summed E-state index contributed by atoms with van der Waals surface area (Å²) in [6.07, 6.45) is 0. The Bertz CT molecular complexity index is 357. The lowest BCUT2D eigenvalue weighted by molar-refractivity contribution is 0.0280. The average molecular weight is 246 g/mol. The molecule has 0 aliphatic heterocycles. The van der Waals surface area contributed by atoms with Gasteiger partial charge < -0.3 is 9.84 Å². The molecule has 0 atom stereocenters. The van der Waals surface area contributed by atoms with Crippen LogP contribution in [0.4, 0.5) is 8.78 Å². The SMILES string of the molecule is CC.Cc1c(F)cc(F)cc1OCC(C)(C)O. The molecule has 4 heteroatoms. The van der Waals surface area contributed by atoms with E-state index in [2.05, 4.69) is 0 Å². The summed E-state index contributed by atoms with van der Waals surface area (Å²) in [4.78, 5) is 0. The third-order valence-corrected chi connectivity index (χ3v) is 1.84. The monoisotopic (exact) mass is 246 g/mol. The van der Waals surface area contributed by atoms with E-state index in [1.54, 1.807) is 13.8 Å². The van der Waals surface area contributed by atoms with E-state index in [0.717, 1.165) is 12.1 Å².